The molecule has 3 heterocycles. The lowest BCUT2D eigenvalue weighted by atomic mass is 9.99. The van der Waals surface area contributed by atoms with E-state index >= 15 is 0 Å². The van der Waals surface area contributed by atoms with E-state index in [9.17, 15) is 14.4 Å². The number of Topliss-reactive ketones (excluding diaryl/α,β-unsaturated/α-hetero) is 1. The molecule has 22 heavy (non-hydrogen) atoms. The van der Waals surface area contributed by atoms with Gasteiger partial charge in [-0.15, -0.1) is 0 Å². The zero-order valence-corrected chi connectivity index (χ0v) is 12.1. The van der Waals surface area contributed by atoms with Crippen molar-refractivity contribution >= 4 is 11.7 Å². The summed E-state index contributed by atoms with van der Waals surface area (Å²) >= 11 is 0. The van der Waals surface area contributed by atoms with Crippen molar-refractivity contribution in [2.24, 2.45) is 0 Å². The van der Waals surface area contributed by atoms with Crippen LogP contribution in [-0.2, 0) is 9.53 Å². The molecule has 1 atom stereocenters. The summed E-state index contributed by atoms with van der Waals surface area (Å²) < 4.78 is 5.59. The van der Waals surface area contributed by atoms with E-state index in [0.717, 1.165) is 12.8 Å². The number of hydrogen-bond donors (Lipinski definition) is 1. The van der Waals surface area contributed by atoms with Crippen molar-refractivity contribution in [3.8, 4) is 0 Å². The number of H-pyrrole nitrogens is 1. The fourth-order valence-electron chi connectivity index (χ4n) is 3.27. The Hall–Kier alpha value is -2.02. The van der Waals surface area contributed by atoms with Crippen molar-refractivity contribution in [3.05, 3.63) is 27.9 Å². The predicted molar refractivity (Wildman–Crippen MR) is 75.7 cm³/mol. The van der Waals surface area contributed by atoms with Crippen LogP contribution in [0.2, 0.25) is 0 Å². The number of amides is 1. The summed E-state index contributed by atoms with van der Waals surface area (Å²) in [5, 5.41) is 0. The molecule has 1 saturated carbocycles. The summed E-state index contributed by atoms with van der Waals surface area (Å²) in [6.45, 7) is 1.06. The summed E-state index contributed by atoms with van der Waals surface area (Å²) in [5.41, 5.74) is -0.624. The molecule has 3 fully saturated rings. The Bertz CT molecular complexity index is 709. The standard InChI is InChI=1S/C15H17N3O4/c19-10-6-15(22-7-10)3-4-18(8-15)14(21)11-5-12(20)17-13(16-11)9-1-2-9/h5,9H,1-4,6-8H2,(H,16,17,20). The first-order chi connectivity index (χ1) is 10.5. The van der Waals surface area contributed by atoms with Crippen LogP contribution in [0, 0.1) is 0 Å². The molecule has 7 nitrogen and oxygen atoms in total. The smallest absolute Gasteiger partial charge is 0.272 e. The number of hydrogen-bond acceptors (Lipinski definition) is 5. The summed E-state index contributed by atoms with van der Waals surface area (Å²) in [5.74, 6) is 0.714. The third-order valence-electron chi connectivity index (χ3n) is 4.61. The number of rotatable bonds is 2. The number of aromatic amines is 1. The van der Waals surface area contributed by atoms with Crippen LogP contribution in [0.5, 0.6) is 0 Å². The number of carbonyl (C=O) groups excluding carboxylic acids is 2. The molecule has 0 aromatic carbocycles. The Morgan fingerprint density at radius 2 is 2.23 bits per heavy atom. The maximum Gasteiger partial charge on any atom is 0.272 e. The molecule has 1 aromatic heterocycles. The van der Waals surface area contributed by atoms with E-state index in [1.165, 1.54) is 6.07 Å². The quantitative estimate of drug-likeness (QED) is 0.844. The topological polar surface area (TPSA) is 92.4 Å². The van der Waals surface area contributed by atoms with Gasteiger partial charge in [0.25, 0.3) is 11.5 Å². The van der Waals surface area contributed by atoms with Gasteiger partial charge in [-0.05, 0) is 19.3 Å². The van der Waals surface area contributed by atoms with Crippen LogP contribution >= 0.6 is 0 Å². The van der Waals surface area contributed by atoms with Crippen molar-refractivity contribution in [2.75, 3.05) is 19.7 Å². The van der Waals surface area contributed by atoms with Crippen LogP contribution in [0.15, 0.2) is 10.9 Å². The SMILES string of the molecule is O=C1COC2(CCN(C(=O)c3cc(=O)[nH]c(C4CC4)n3)C2)C1. The number of nitrogens with one attached hydrogen (secondary N) is 1. The fraction of sp³-hybridized carbons (Fsp3) is 0.600. The molecule has 0 bridgehead atoms. The van der Waals surface area contributed by atoms with E-state index in [-0.39, 0.29) is 35.5 Å². The van der Waals surface area contributed by atoms with E-state index in [4.69, 9.17) is 4.74 Å². The third kappa shape index (κ3) is 2.35. The molecule has 1 aliphatic carbocycles. The normalized spacial score (nSPS) is 27.8. The Balaban J connectivity index is 1.55. The van der Waals surface area contributed by atoms with Crippen molar-refractivity contribution < 1.29 is 14.3 Å². The van der Waals surface area contributed by atoms with E-state index < -0.39 is 5.60 Å². The van der Waals surface area contributed by atoms with E-state index in [2.05, 4.69) is 9.97 Å². The Morgan fingerprint density at radius 1 is 1.41 bits per heavy atom. The van der Waals surface area contributed by atoms with Crippen molar-refractivity contribution in [2.45, 2.75) is 37.2 Å². The summed E-state index contributed by atoms with van der Waals surface area (Å²) in [6, 6.07) is 1.25. The molecule has 2 saturated heterocycles. The van der Waals surface area contributed by atoms with E-state index in [0.29, 0.717) is 31.8 Å². The second kappa shape index (κ2) is 4.74. The van der Waals surface area contributed by atoms with Gasteiger partial charge in [0.15, 0.2) is 5.78 Å². The molecule has 2 aliphatic heterocycles. The van der Waals surface area contributed by atoms with Crippen LogP contribution in [0.4, 0.5) is 0 Å². The second-order valence-electron chi connectivity index (χ2n) is 6.45. The molecular weight excluding hydrogens is 286 g/mol. The summed E-state index contributed by atoms with van der Waals surface area (Å²) in [7, 11) is 0. The average molecular weight is 303 g/mol. The average Bonchev–Trinajstić information content (AvgIpc) is 3.18. The highest BCUT2D eigenvalue weighted by molar-refractivity contribution is 5.92. The van der Waals surface area contributed by atoms with Gasteiger partial charge < -0.3 is 14.6 Å². The minimum Gasteiger partial charge on any atom is -0.365 e. The fourth-order valence-corrected chi connectivity index (χ4v) is 3.27. The van der Waals surface area contributed by atoms with Gasteiger partial charge in [-0.2, -0.15) is 0 Å². The van der Waals surface area contributed by atoms with Crippen molar-refractivity contribution in [3.63, 3.8) is 0 Å². The molecule has 1 amide bonds. The Morgan fingerprint density at radius 3 is 2.91 bits per heavy atom. The van der Waals surface area contributed by atoms with Crippen LogP contribution in [-0.4, -0.2) is 51.9 Å². The van der Waals surface area contributed by atoms with Gasteiger partial charge in [0.2, 0.25) is 0 Å². The zero-order chi connectivity index (χ0) is 15.3. The monoisotopic (exact) mass is 303 g/mol. The van der Waals surface area contributed by atoms with Crippen LogP contribution in [0.3, 0.4) is 0 Å². The van der Waals surface area contributed by atoms with Crippen molar-refractivity contribution in [1.29, 1.82) is 0 Å². The number of likely N-dealkylation sites (tertiary alicyclic amines) is 1. The first-order valence-electron chi connectivity index (χ1n) is 7.61. The zero-order valence-electron chi connectivity index (χ0n) is 12.1. The molecule has 1 aromatic rings. The minimum atomic E-state index is -0.521. The van der Waals surface area contributed by atoms with E-state index in [1.54, 1.807) is 4.90 Å². The highest BCUT2D eigenvalue weighted by Crippen LogP contribution is 2.38. The van der Waals surface area contributed by atoms with Crippen LogP contribution in [0.25, 0.3) is 0 Å². The number of aromatic nitrogens is 2. The van der Waals surface area contributed by atoms with Gasteiger partial charge in [-0.25, -0.2) is 4.98 Å². The van der Waals surface area contributed by atoms with Gasteiger partial charge in [0, 0.05) is 24.9 Å². The Labute approximate surface area is 126 Å². The predicted octanol–water partition coefficient (Wildman–Crippen LogP) is 0.221. The number of nitrogens with zero attached hydrogens (tertiary/aromatic N) is 2. The van der Waals surface area contributed by atoms with Gasteiger partial charge in [0.05, 0.1) is 12.1 Å². The second-order valence-corrected chi connectivity index (χ2v) is 6.45. The van der Waals surface area contributed by atoms with Crippen LogP contribution in [0.1, 0.15) is 47.9 Å². The molecule has 1 spiro atoms. The van der Waals surface area contributed by atoms with Gasteiger partial charge in [0.1, 0.15) is 18.1 Å². The number of carbonyl (C=O) groups is 2. The van der Waals surface area contributed by atoms with Gasteiger partial charge in [-0.3, -0.25) is 14.4 Å². The molecule has 116 valence electrons. The van der Waals surface area contributed by atoms with Gasteiger partial charge >= 0.3 is 0 Å². The molecule has 3 aliphatic rings. The molecular formula is C15H17N3O4. The summed E-state index contributed by atoms with van der Waals surface area (Å²) in [4.78, 5) is 44.4. The number of ether oxygens (including phenoxy) is 1. The molecule has 4 rings (SSSR count). The number of ketones is 1. The molecule has 1 unspecified atom stereocenters. The third-order valence-corrected chi connectivity index (χ3v) is 4.61. The molecule has 7 heteroatoms. The maximum absolute atomic E-state index is 12.6. The highest BCUT2D eigenvalue weighted by atomic mass is 16.5. The largest absolute Gasteiger partial charge is 0.365 e. The molecule has 1 N–H and O–H groups in total. The minimum absolute atomic E-state index is 0.0830. The molecule has 0 radical (unpaired) electrons. The van der Waals surface area contributed by atoms with Crippen molar-refractivity contribution in [1.82, 2.24) is 14.9 Å². The first kappa shape index (κ1) is 13.6. The lowest BCUT2D eigenvalue weighted by Crippen LogP contribution is -2.36. The van der Waals surface area contributed by atoms with Gasteiger partial charge in [-0.1, -0.05) is 0 Å². The first-order valence-corrected chi connectivity index (χ1v) is 7.61. The lowest BCUT2D eigenvalue weighted by molar-refractivity contribution is -0.117. The maximum atomic E-state index is 12.6. The summed E-state index contributed by atoms with van der Waals surface area (Å²) in [6.07, 6.45) is 3.03. The van der Waals surface area contributed by atoms with E-state index in [1.807, 2.05) is 0 Å². The highest BCUT2D eigenvalue weighted by Gasteiger charge is 2.46. The van der Waals surface area contributed by atoms with Crippen LogP contribution < -0.4 is 5.56 Å². The Kier molecular flexibility index (Phi) is 2.94. The lowest BCUT2D eigenvalue weighted by Gasteiger charge is -2.22.